The molecule has 3 aromatic carbocycles. The number of amidine groups is 2. The molecule has 6 heteroatoms. The molecule has 142 valence electrons. The highest BCUT2D eigenvalue weighted by Crippen LogP contribution is 2.29. The molecule has 3 aromatic rings. The number of aliphatic imine (C=N–C) groups is 2. The van der Waals surface area contributed by atoms with Gasteiger partial charge in [-0.2, -0.15) is 5.26 Å². The normalized spacial score (nSPS) is 16.1. The Morgan fingerprint density at radius 1 is 0.931 bits per heavy atom. The van der Waals surface area contributed by atoms with Gasteiger partial charge in [0, 0.05) is 18.7 Å². The average Bonchev–Trinajstić information content (AvgIpc) is 2.76. The Bertz CT molecular complexity index is 1150. The summed E-state index contributed by atoms with van der Waals surface area (Å²) in [6.07, 6.45) is -0.450. The molecule has 0 fully saturated rings. The standard InChI is InChI=1S/C23H16F2N4/c1-29-22(16-10-6-3-7-11-16)27-21(15-8-4-2-5-9-15)28-23(29)18-12-17(14-26)19(24)13-20(18)25/h2-13,22H,1H3. The lowest BCUT2D eigenvalue weighted by molar-refractivity contribution is 0.381. The monoisotopic (exact) mass is 386 g/mol. The van der Waals surface area contributed by atoms with Gasteiger partial charge in [0.15, 0.2) is 5.84 Å². The van der Waals surface area contributed by atoms with Gasteiger partial charge in [-0.05, 0) is 11.6 Å². The molecule has 4 nitrogen and oxygen atoms in total. The van der Waals surface area contributed by atoms with Crippen molar-refractivity contribution in [3.63, 3.8) is 0 Å². The summed E-state index contributed by atoms with van der Waals surface area (Å²) in [5, 5.41) is 9.17. The molecule has 0 N–H and O–H groups in total. The van der Waals surface area contributed by atoms with Crippen molar-refractivity contribution < 1.29 is 8.78 Å². The first-order chi connectivity index (χ1) is 14.1. The Balaban J connectivity index is 1.90. The number of halogens is 2. The molecule has 0 amide bonds. The summed E-state index contributed by atoms with van der Waals surface area (Å²) in [7, 11) is 1.75. The van der Waals surface area contributed by atoms with Crippen LogP contribution in [0.15, 0.2) is 82.8 Å². The van der Waals surface area contributed by atoms with Gasteiger partial charge >= 0.3 is 0 Å². The molecule has 0 bridgehead atoms. The zero-order chi connectivity index (χ0) is 20.4. The first-order valence-electron chi connectivity index (χ1n) is 8.97. The van der Waals surface area contributed by atoms with Crippen LogP contribution in [-0.2, 0) is 0 Å². The van der Waals surface area contributed by atoms with Crippen molar-refractivity contribution >= 4 is 11.7 Å². The zero-order valence-electron chi connectivity index (χ0n) is 15.6. The second kappa shape index (κ2) is 7.64. The van der Waals surface area contributed by atoms with Gasteiger partial charge in [-0.15, -0.1) is 0 Å². The van der Waals surface area contributed by atoms with Crippen LogP contribution >= 0.6 is 0 Å². The summed E-state index contributed by atoms with van der Waals surface area (Å²) < 4.78 is 28.5. The molecular weight excluding hydrogens is 370 g/mol. The van der Waals surface area contributed by atoms with E-state index in [1.54, 1.807) is 18.0 Å². The van der Waals surface area contributed by atoms with Crippen molar-refractivity contribution in [3.8, 4) is 6.07 Å². The number of nitriles is 1. The van der Waals surface area contributed by atoms with Crippen molar-refractivity contribution in [1.82, 2.24) is 4.90 Å². The molecule has 1 heterocycles. The van der Waals surface area contributed by atoms with Crippen LogP contribution in [0.3, 0.4) is 0 Å². The molecule has 0 radical (unpaired) electrons. The molecule has 1 atom stereocenters. The summed E-state index contributed by atoms with van der Waals surface area (Å²) in [4.78, 5) is 11.0. The number of rotatable bonds is 3. The molecule has 0 saturated carbocycles. The van der Waals surface area contributed by atoms with Gasteiger partial charge in [-0.3, -0.25) is 0 Å². The van der Waals surface area contributed by atoms with Crippen molar-refractivity contribution in [2.75, 3.05) is 7.05 Å². The number of benzene rings is 3. The zero-order valence-corrected chi connectivity index (χ0v) is 15.6. The topological polar surface area (TPSA) is 51.8 Å². The average molecular weight is 386 g/mol. The molecule has 1 unspecified atom stereocenters. The van der Waals surface area contributed by atoms with Gasteiger partial charge in [0.1, 0.15) is 29.7 Å². The minimum Gasteiger partial charge on any atom is -0.333 e. The largest absolute Gasteiger partial charge is 0.333 e. The van der Waals surface area contributed by atoms with Crippen LogP contribution in [0.1, 0.15) is 28.4 Å². The van der Waals surface area contributed by atoms with E-state index in [1.807, 2.05) is 60.7 Å². The molecule has 4 rings (SSSR count). The Labute approximate surface area is 167 Å². The Morgan fingerprint density at radius 2 is 1.59 bits per heavy atom. The highest BCUT2D eigenvalue weighted by atomic mass is 19.1. The van der Waals surface area contributed by atoms with Gasteiger partial charge in [0.2, 0.25) is 0 Å². The maximum Gasteiger partial charge on any atom is 0.159 e. The van der Waals surface area contributed by atoms with E-state index in [0.717, 1.165) is 17.2 Å². The smallest absolute Gasteiger partial charge is 0.159 e. The summed E-state index contributed by atoms with van der Waals surface area (Å²) in [6, 6.07) is 22.6. The fourth-order valence-electron chi connectivity index (χ4n) is 3.23. The maximum atomic E-state index is 14.7. The van der Waals surface area contributed by atoms with E-state index >= 15 is 0 Å². The first kappa shape index (κ1) is 18.5. The van der Waals surface area contributed by atoms with E-state index in [1.165, 1.54) is 6.07 Å². The SMILES string of the molecule is CN1C(c2cc(C#N)c(F)cc2F)=NC(c2ccccc2)=NC1c1ccccc1. The maximum absolute atomic E-state index is 14.7. The molecule has 0 aliphatic carbocycles. The van der Waals surface area contributed by atoms with Crippen LogP contribution in [-0.4, -0.2) is 23.6 Å². The Kier molecular flexibility index (Phi) is 4.88. The molecule has 0 aromatic heterocycles. The third kappa shape index (κ3) is 3.50. The predicted octanol–water partition coefficient (Wildman–Crippen LogP) is 4.67. The lowest BCUT2D eigenvalue weighted by Gasteiger charge is -2.32. The van der Waals surface area contributed by atoms with Gasteiger partial charge in [-0.1, -0.05) is 60.7 Å². The predicted molar refractivity (Wildman–Crippen MR) is 108 cm³/mol. The van der Waals surface area contributed by atoms with Crippen LogP contribution in [0, 0.1) is 23.0 Å². The molecule has 1 aliphatic rings. The van der Waals surface area contributed by atoms with E-state index in [9.17, 15) is 8.78 Å². The van der Waals surface area contributed by atoms with Crippen LogP contribution in [0.2, 0.25) is 0 Å². The second-order valence-electron chi connectivity index (χ2n) is 6.57. The minimum atomic E-state index is -0.899. The van der Waals surface area contributed by atoms with Crippen molar-refractivity contribution in [3.05, 3.63) is 107 Å². The van der Waals surface area contributed by atoms with Gasteiger partial charge < -0.3 is 4.90 Å². The van der Waals surface area contributed by atoms with Crippen LogP contribution in [0.5, 0.6) is 0 Å². The summed E-state index contributed by atoms with van der Waals surface area (Å²) in [5.74, 6) is -0.964. The van der Waals surface area contributed by atoms with Crippen LogP contribution < -0.4 is 0 Å². The van der Waals surface area contributed by atoms with E-state index in [2.05, 4.69) is 4.99 Å². The third-order valence-corrected chi connectivity index (χ3v) is 4.71. The minimum absolute atomic E-state index is 0.0507. The Hall–Kier alpha value is -3.85. The van der Waals surface area contributed by atoms with Crippen molar-refractivity contribution in [1.29, 1.82) is 5.26 Å². The number of hydrogen-bond donors (Lipinski definition) is 0. The van der Waals surface area contributed by atoms with Gasteiger partial charge in [0.05, 0.1) is 11.1 Å². The van der Waals surface area contributed by atoms with Crippen LogP contribution in [0.4, 0.5) is 8.78 Å². The lowest BCUT2D eigenvalue weighted by atomic mass is 10.1. The molecular formula is C23H16F2N4. The lowest BCUT2D eigenvalue weighted by Crippen LogP contribution is -2.36. The highest BCUT2D eigenvalue weighted by Gasteiger charge is 2.28. The number of hydrogen-bond acceptors (Lipinski definition) is 4. The van der Waals surface area contributed by atoms with E-state index in [-0.39, 0.29) is 17.0 Å². The molecule has 29 heavy (non-hydrogen) atoms. The summed E-state index contributed by atoms with van der Waals surface area (Å²) >= 11 is 0. The fraction of sp³-hybridized carbons (Fsp3) is 0.0870. The van der Waals surface area contributed by atoms with Crippen molar-refractivity contribution in [2.24, 2.45) is 9.98 Å². The second-order valence-corrected chi connectivity index (χ2v) is 6.57. The molecule has 1 aliphatic heterocycles. The first-order valence-corrected chi connectivity index (χ1v) is 8.97. The highest BCUT2D eigenvalue weighted by molar-refractivity contribution is 6.13. The number of nitrogens with zero attached hydrogens (tertiary/aromatic N) is 4. The van der Waals surface area contributed by atoms with Gasteiger partial charge in [0.25, 0.3) is 0 Å². The van der Waals surface area contributed by atoms with E-state index in [0.29, 0.717) is 5.84 Å². The van der Waals surface area contributed by atoms with Crippen LogP contribution in [0.25, 0.3) is 0 Å². The Morgan fingerprint density at radius 3 is 2.24 bits per heavy atom. The van der Waals surface area contributed by atoms with Gasteiger partial charge in [-0.25, -0.2) is 18.8 Å². The van der Waals surface area contributed by atoms with E-state index in [4.69, 9.17) is 10.3 Å². The quantitative estimate of drug-likeness (QED) is 0.657. The van der Waals surface area contributed by atoms with Crippen molar-refractivity contribution in [2.45, 2.75) is 6.17 Å². The fourth-order valence-corrected chi connectivity index (χ4v) is 3.23. The molecule has 0 saturated heterocycles. The summed E-state index contributed by atoms with van der Waals surface area (Å²) in [6.45, 7) is 0. The van der Waals surface area contributed by atoms with E-state index < -0.39 is 17.8 Å². The molecule has 0 spiro atoms. The summed E-state index contributed by atoms with van der Waals surface area (Å²) in [5.41, 5.74) is 1.49. The third-order valence-electron chi connectivity index (χ3n) is 4.71.